The van der Waals surface area contributed by atoms with Crippen LogP contribution in [0.2, 0.25) is 0 Å². The minimum atomic E-state index is -3.60. The summed E-state index contributed by atoms with van der Waals surface area (Å²) in [5.41, 5.74) is 3.32. The lowest BCUT2D eigenvalue weighted by atomic mass is 9.92. The van der Waals surface area contributed by atoms with E-state index in [4.69, 9.17) is 4.74 Å². The molecule has 122 valence electrons. The van der Waals surface area contributed by atoms with Crippen molar-refractivity contribution in [2.24, 2.45) is 0 Å². The van der Waals surface area contributed by atoms with Gasteiger partial charge in [0.1, 0.15) is 0 Å². The van der Waals surface area contributed by atoms with E-state index in [0.717, 1.165) is 16.7 Å². The van der Waals surface area contributed by atoms with Gasteiger partial charge in [-0.2, -0.15) is 0 Å². The molecule has 0 atom stereocenters. The molecule has 1 heterocycles. The first-order chi connectivity index (χ1) is 10.8. The van der Waals surface area contributed by atoms with Crippen molar-refractivity contribution < 1.29 is 13.2 Å². The van der Waals surface area contributed by atoms with Crippen molar-refractivity contribution in [2.75, 3.05) is 4.72 Å². The smallest absolute Gasteiger partial charge is 0.261 e. The van der Waals surface area contributed by atoms with Gasteiger partial charge in [0.25, 0.3) is 10.0 Å². The number of hydrogen-bond donors (Lipinski definition) is 1. The molecule has 23 heavy (non-hydrogen) atoms. The zero-order valence-electron chi connectivity index (χ0n) is 13.6. The summed E-state index contributed by atoms with van der Waals surface area (Å²) in [5.74, 6) is 0. The Bertz CT molecular complexity index is 841. The van der Waals surface area contributed by atoms with Gasteiger partial charge in [-0.25, -0.2) is 8.42 Å². The topological polar surface area (TPSA) is 55.4 Å². The summed E-state index contributed by atoms with van der Waals surface area (Å²) in [5, 5.41) is 0. The van der Waals surface area contributed by atoms with E-state index in [1.54, 1.807) is 18.2 Å². The van der Waals surface area contributed by atoms with Crippen molar-refractivity contribution in [1.29, 1.82) is 0 Å². The predicted molar refractivity (Wildman–Crippen MR) is 91.0 cm³/mol. The first-order valence-electron chi connectivity index (χ1n) is 7.61. The van der Waals surface area contributed by atoms with E-state index in [2.05, 4.69) is 4.72 Å². The Hall–Kier alpha value is -1.85. The molecule has 1 aliphatic rings. The summed E-state index contributed by atoms with van der Waals surface area (Å²) in [7, 11) is -3.60. The first kappa shape index (κ1) is 16.0. The van der Waals surface area contributed by atoms with Gasteiger partial charge in [-0.1, -0.05) is 24.3 Å². The van der Waals surface area contributed by atoms with Crippen molar-refractivity contribution in [3.05, 3.63) is 59.2 Å². The van der Waals surface area contributed by atoms with Crippen LogP contribution in [0.25, 0.3) is 0 Å². The van der Waals surface area contributed by atoms with Crippen LogP contribution in [0, 0.1) is 6.92 Å². The highest BCUT2D eigenvalue weighted by Crippen LogP contribution is 2.30. The molecule has 3 rings (SSSR count). The number of para-hydroxylation sites is 1. The minimum absolute atomic E-state index is 0.265. The highest BCUT2D eigenvalue weighted by molar-refractivity contribution is 7.92. The number of aryl methyl sites for hydroxylation is 1. The first-order valence-corrected chi connectivity index (χ1v) is 9.09. The van der Waals surface area contributed by atoms with Crippen LogP contribution in [0.3, 0.4) is 0 Å². The maximum absolute atomic E-state index is 12.7. The van der Waals surface area contributed by atoms with Crippen LogP contribution in [0.4, 0.5) is 5.69 Å². The van der Waals surface area contributed by atoms with Gasteiger partial charge in [0, 0.05) is 6.42 Å². The Morgan fingerprint density at radius 3 is 2.57 bits per heavy atom. The third kappa shape index (κ3) is 3.41. The van der Waals surface area contributed by atoms with Crippen LogP contribution in [-0.2, 0) is 27.8 Å². The fourth-order valence-corrected chi connectivity index (χ4v) is 3.93. The molecule has 0 saturated heterocycles. The van der Waals surface area contributed by atoms with E-state index in [9.17, 15) is 8.42 Å². The highest BCUT2D eigenvalue weighted by Gasteiger charge is 2.27. The number of hydrogen-bond acceptors (Lipinski definition) is 3. The molecule has 2 aromatic rings. The molecule has 2 aromatic carbocycles. The quantitative estimate of drug-likeness (QED) is 0.934. The van der Waals surface area contributed by atoms with Crippen molar-refractivity contribution in [1.82, 2.24) is 0 Å². The van der Waals surface area contributed by atoms with Crippen LogP contribution in [0.5, 0.6) is 0 Å². The van der Waals surface area contributed by atoms with Gasteiger partial charge in [-0.15, -0.1) is 0 Å². The molecular weight excluding hydrogens is 310 g/mol. The molecule has 0 fully saturated rings. The second-order valence-electron chi connectivity index (χ2n) is 6.58. The molecule has 0 aromatic heterocycles. The van der Waals surface area contributed by atoms with Crippen molar-refractivity contribution in [3.8, 4) is 0 Å². The summed E-state index contributed by atoms with van der Waals surface area (Å²) in [6.45, 7) is 6.43. The fraction of sp³-hybridized carbons (Fsp3) is 0.333. The van der Waals surface area contributed by atoms with Gasteiger partial charge >= 0.3 is 0 Å². The van der Waals surface area contributed by atoms with Gasteiger partial charge in [0.2, 0.25) is 0 Å². The Labute approximate surface area is 137 Å². The van der Waals surface area contributed by atoms with Crippen LogP contribution in [0.1, 0.15) is 30.5 Å². The lowest BCUT2D eigenvalue weighted by molar-refractivity contribution is -0.0401. The largest absolute Gasteiger partial charge is 0.371 e. The van der Waals surface area contributed by atoms with E-state index >= 15 is 0 Å². The number of ether oxygens (including phenoxy) is 1. The zero-order valence-corrected chi connectivity index (χ0v) is 14.4. The monoisotopic (exact) mass is 331 g/mol. The highest BCUT2D eigenvalue weighted by atomic mass is 32.2. The number of fused-ring (bicyclic) bond motifs is 1. The minimum Gasteiger partial charge on any atom is -0.371 e. The number of rotatable bonds is 3. The molecule has 0 aliphatic carbocycles. The normalized spacial score (nSPS) is 16.7. The van der Waals surface area contributed by atoms with Crippen LogP contribution in [-0.4, -0.2) is 14.0 Å². The van der Waals surface area contributed by atoms with Gasteiger partial charge < -0.3 is 4.74 Å². The van der Waals surface area contributed by atoms with Gasteiger partial charge in [0.15, 0.2) is 0 Å². The fourth-order valence-electron chi connectivity index (χ4n) is 2.75. The Kier molecular flexibility index (Phi) is 3.94. The summed E-state index contributed by atoms with van der Waals surface area (Å²) in [4.78, 5) is 0.289. The summed E-state index contributed by atoms with van der Waals surface area (Å²) < 4.78 is 33.8. The molecule has 4 nitrogen and oxygen atoms in total. The van der Waals surface area contributed by atoms with E-state index in [1.807, 2.05) is 45.0 Å². The molecule has 0 radical (unpaired) electrons. The number of anilines is 1. The number of nitrogens with one attached hydrogen (secondary N) is 1. The lowest BCUT2D eigenvalue weighted by Crippen LogP contribution is -2.32. The molecule has 1 N–H and O–H groups in total. The lowest BCUT2D eigenvalue weighted by Gasteiger charge is -2.32. The van der Waals surface area contributed by atoms with Gasteiger partial charge in [-0.05, 0) is 55.7 Å². The van der Waals surface area contributed by atoms with E-state index < -0.39 is 10.0 Å². The molecule has 0 saturated carbocycles. The summed E-state index contributed by atoms with van der Waals surface area (Å²) in [6, 6.07) is 12.6. The van der Waals surface area contributed by atoms with Crippen LogP contribution in [0.15, 0.2) is 47.4 Å². The number of benzene rings is 2. The predicted octanol–water partition coefficient (Wildman–Crippen LogP) is 3.65. The maximum atomic E-state index is 12.7. The van der Waals surface area contributed by atoms with E-state index in [1.165, 1.54) is 0 Å². The summed E-state index contributed by atoms with van der Waals surface area (Å²) >= 11 is 0. The second-order valence-corrected chi connectivity index (χ2v) is 8.26. The van der Waals surface area contributed by atoms with E-state index in [-0.39, 0.29) is 10.5 Å². The molecule has 1 aliphatic heterocycles. The second kappa shape index (κ2) is 5.65. The SMILES string of the molecule is Cc1ccccc1NS(=O)(=O)c1ccc2c(c1)CC(C)(C)OC2. The third-order valence-electron chi connectivity index (χ3n) is 4.11. The van der Waals surface area contributed by atoms with Crippen LogP contribution >= 0.6 is 0 Å². The van der Waals surface area contributed by atoms with Crippen LogP contribution < -0.4 is 4.72 Å². The average Bonchev–Trinajstić information content (AvgIpc) is 2.48. The van der Waals surface area contributed by atoms with E-state index in [0.29, 0.717) is 18.7 Å². The van der Waals surface area contributed by atoms with Crippen molar-refractivity contribution in [3.63, 3.8) is 0 Å². The Morgan fingerprint density at radius 1 is 1.09 bits per heavy atom. The Morgan fingerprint density at radius 2 is 1.83 bits per heavy atom. The number of sulfonamides is 1. The van der Waals surface area contributed by atoms with Gasteiger partial charge in [-0.3, -0.25) is 4.72 Å². The molecule has 0 unspecified atom stereocenters. The molecule has 0 bridgehead atoms. The maximum Gasteiger partial charge on any atom is 0.261 e. The molecular formula is C18H21NO3S. The van der Waals surface area contributed by atoms with Gasteiger partial charge in [0.05, 0.1) is 22.8 Å². The zero-order chi connectivity index (χ0) is 16.7. The van der Waals surface area contributed by atoms with Crippen molar-refractivity contribution >= 4 is 15.7 Å². The molecule has 0 amide bonds. The third-order valence-corrected chi connectivity index (χ3v) is 5.48. The Balaban J connectivity index is 1.94. The standard InChI is InChI=1S/C18H21NO3S/c1-13-6-4-5-7-17(13)19-23(20,21)16-9-8-14-12-22-18(2,3)11-15(14)10-16/h4-10,19H,11-12H2,1-3H3. The molecule has 0 spiro atoms. The summed E-state index contributed by atoms with van der Waals surface area (Å²) in [6.07, 6.45) is 0.704. The van der Waals surface area contributed by atoms with Crippen molar-refractivity contribution in [2.45, 2.75) is 44.3 Å². The average molecular weight is 331 g/mol. The molecule has 5 heteroatoms.